The van der Waals surface area contributed by atoms with E-state index in [1.54, 1.807) is 24.3 Å². The molecule has 3 aromatic rings. The summed E-state index contributed by atoms with van der Waals surface area (Å²) in [5.74, 6) is -0.938. The van der Waals surface area contributed by atoms with Crippen molar-refractivity contribution in [2.45, 2.75) is 0 Å². The molecule has 0 aliphatic heterocycles. The van der Waals surface area contributed by atoms with Gasteiger partial charge >= 0.3 is 5.97 Å². The third-order valence-corrected chi connectivity index (χ3v) is 4.49. The summed E-state index contributed by atoms with van der Waals surface area (Å²) >= 11 is 11.8. The average molecular weight is 458 g/mol. The molecule has 0 spiro atoms. The van der Waals surface area contributed by atoms with Gasteiger partial charge in [-0.25, -0.2) is 10.2 Å². The molecule has 10 heteroatoms. The minimum absolute atomic E-state index is 0.106. The van der Waals surface area contributed by atoms with Gasteiger partial charge in [-0.1, -0.05) is 29.3 Å². The van der Waals surface area contributed by atoms with Crippen molar-refractivity contribution in [3.63, 3.8) is 0 Å². The number of hydrogen-bond acceptors (Lipinski definition) is 6. The van der Waals surface area contributed by atoms with E-state index in [9.17, 15) is 19.7 Å². The van der Waals surface area contributed by atoms with Crippen LogP contribution < -0.4 is 10.2 Å². The molecule has 0 atom stereocenters. The minimum Gasteiger partial charge on any atom is -0.423 e. The summed E-state index contributed by atoms with van der Waals surface area (Å²) in [5.41, 5.74) is 3.00. The smallest absolute Gasteiger partial charge is 0.345 e. The van der Waals surface area contributed by atoms with Crippen LogP contribution in [0.4, 0.5) is 5.69 Å². The van der Waals surface area contributed by atoms with Crippen molar-refractivity contribution in [3.8, 4) is 5.75 Å². The van der Waals surface area contributed by atoms with E-state index in [2.05, 4.69) is 10.5 Å². The third-order valence-electron chi connectivity index (χ3n) is 3.94. The van der Waals surface area contributed by atoms with E-state index < -0.39 is 16.8 Å². The van der Waals surface area contributed by atoms with E-state index in [1.807, 2.05) is 0 Å². The molecule has 0 bridgehead atoms. The van der Waals surface area contributed by atoms with E-state index in [0.29, 0.717) is 10.6 Å². The molecule has 0 aromatic heterocycles. The molecule has 3 aromatic carbocycles. The summed E-state index contributed by atoms with van der Waals surface area (Å²) in [6.45, 7) is 0. The lowest BCUT2D eigenvalue weighted by Crippen LogP contribution is -2.17. The average Bonchev–Trinajstić information content (AvgIpc) is 2.74. The Morgan fingerprint density at radius 1 is 1.03 bits per heavy atom. The maximum absolute atomic E-state index is 12.2. The van der Waals surface area contributed by atoms with E-state index in [-0.39, 0.29) is 27.6 Å². The number of esters is 1. The first kappa shape index (κ1) is 21.9. The molecular formula is C21H13Cl2N3O5. The van der Waals surface area contributed by atoms with Crippen LogP contribution in [0.15, 0.2) is 71.8 Å². The number of nitro benzene ring substituents is 1. The van der Waals surface area contributed by atoms with Crippen LogP contribution >= 0.6 is 23.2 Å². The summed E-state index contributed by atoms with van der Waals surface area (Å²) in [6.07, 6.45) is 1.37. The number of nitro groups is 1. The number of ether oxygens (including phenoxy) is 1. The first-order chi connectivity index (χ1) is 14.8. The summed E-state index contributed by atoms with van der Waals surface area (Å²) < 4.78 is 5.27. The van der Waals surface area contributed by atoms with Crippen molar-refractivity contribution in [2.24, 2.45) is 5.10 Å². The quantitative estimate of drug-likeness (QED) is 0.186. The Labute approximate surface area is 186 Å². The molecule has 1 amide bonds. The molecule has 0 radical (unpaired) electrons. The molecule has 8 nitrogen and oxygen atoms in total. The lowest BCUT2D eigenvalue weighted by Gasteiger charge is -2.06. The van der Waals surface area contributed by atoms with Crippen LogP contribution in [-0.2, 0) is 0 Å². The van der Waals surface area contributed by atoms with Crippen molar-refractivity contribution in [1.82, 2.24) is 5.43 Å². The van der Waals surface area contributed by atoms with Gasteiger partial charge in [0, 0.05) is 22.7 Å². The number of hydrazone groups is 1. The second kappa shape index (κ2) is 9.84. The van der Waals surface area contributed by atoms with Crippen LogP contribution in [0.1, 0.15) is 26.3 Å². The molecule has 0 aliphatic carbocycles. The summed E-state index contributed by atoms with van der Waals surface area (Å²) in [7, 11) is 0. The number of carbonyl (C=O) groups excluding carboxylic acids is 2. The number of carbonyl (C=O) groups is 2. The minimum atomic E-state index is -0.632. The Bertz CT molecular complexity index is 1180. The molecular weight excluding hydrogens is 445 g/mol. The number of nitrogens with zero attached hydrogens (tertiary/aromatic N) is 2. The number of rotatable bonds is 6. The van der Waals surface area contributed by atoms with E-state index in [1.165, 1.54) is 42.6 Å². The van der Waals surface area contributed by atoms with E-state index in [0.717, 1.165) is 6.07 Å². The third kappa shape index (κ3) is 5.88. The number of amides is 1. The Balaban J connectivity index is 1.59. The summed E-state index contributed by atoms with van der Waals surface area (Å²) in [6, 6.07) is 16.1. The zero-order valence-electron chi connectivity index (χ0n) is 15.6. The molecule has 0 saturated carbocycles. The predicted molar refractivity (Wildman–Crippen MR) is 116 cm³/mol. The Morgan fingerprint density at radius 2 is 1.77 bits per heavy atom. The predicted octanol–water partition coefficient (Wildman–Crippen LogP) is 4.88. The lowest BCUT2D eigenvalue weighted by molar-refractivity contribution is -0.384. The zero-order valence-corrected chi connectivity index (χ0v) is 17.1. The van der Waals surface area contributed by atoms with E-state index in [4.69, 9.17) is 27.9 Å². The van der Waals surface area contributed by atoms with Gasteiger partial charge in [-0.15, -0.1) is 0 Å². The Morgan fingerprint density at radius 3 is 2.45 bits per heavy atom. The number of non-ortho nitro benzene ring substituents is 1. The van der Waals surface area contributed by atoms with Crippen molar-refractivity contribution >= 4 is 47.0 Å². The maximum atomic E-state index is 12.2. The Hall–Kier alpha value is -3.75. The number of nitrogens with one attached hydrogen (secondary N) is 1. The van der Waals surface area contributed by atoms with E-state index >= 15 is 0 Å². The molecule has 0 heterocycles. The first-order valence-corrected chi connectivity index (χ1v) is 9.44. The SMILES string of the molecule is O=C(N/N=C/c1ccc(OC(=O)c2ccc(Cl)cc2Cl)cc1)c1cccc([N+](=O)[O-])c1. The number of benzene rings is 3. The zero-order chi connectivity index (χ0) is 22.4. The highest BCUT2D eigenvalue weighted by molar-refractivity contribution is 6.36. The largest absolute Gasteiger partial charge is 0.423 e. The number of halogens is 2. The van der Waals surface area contributed by atoms with Crippen LogP contribution in [0.25, 0.3) is 0 Å². The molecule has 31 heavy (non-hydrogen) atoms. The van der Waals surface area contributed by atoms with Crippen LogP contribution in [0.5, 0.6) is 5.75 Å². The monoisotopic (exact) mass is 457 g/mol. The Kier molecular flexibility index (Phi) is 6.96. The second-order valence-corrected chi connectivity index (χ2v) is 6.93. The fourth-order valence-corrected chi connectivity index (χ4v) is 2.92. The normalized spacial score (nSPS) is 10.6. The fraction of sp³-hybridized carbons (Fsp3) is 0. The fourth-order valence-electron chi connectivity index (χ4n) is 2.43. The highest BCUT2D eigenvalue weighted by Crippen LogP contribution is 2.23. The molecule has 0 aliphatic rings. The van der Waals surface area contributed by atoms with Crippen molar-refractivity contribution in [1.29, 1.82) is 0 Å². The molecule has 0 fully saturated rings. The van der Waals surface area contributed by atoms with Crippen LogP contribution in [0.2, 0.25) is 10.0 Å². The van der Waals surface area contributed by atoms with Crippen LogP contribution in [0, 0.1) is 10.1 Å². The van der Waals surface area contributed by atoms with Crippen molar-refractivity contribution < 1.29 is 19.2 Å². The van der Waals surface area contributed by atoms with Crippen molar-refractivity contribution in [2.75, 3.05) is 0 Å². The highest BCUT2D eigenvalue weighted by atomic mass is 35.5. The van der Waals surface area contributed by atoms with Crippen LogP contribution in [0.3, 0.4) is 0 Å². The van der Waals surface area contributed by atoms with Gasteiger partial charge in [0.25, 0.3) is 11.6 Å². The summed E-state index contributed by atoms with van der Waals surface area (Å²) in [5, 5.41) is 15.2. The van der Waals surface area contributed by atoms with Gasteiger partial charge < -0.3 is 4.74 Å². The second-order valence-electron chi connectivity index (χ2n) is 6.09. The maximum Gasteiger partial charge on any atom is 0.345 e. The molecule has 156 valence electrons. The van der Waals surface area contributed by atoms with Gasteiger partial charge in [0.1, 0.15) is 5.75 Å². The van der Waals surface area contributed by atoms with Gasteiger partial charge in [0.2, 0.25) is 0 Å². The van der Waals surface area contributed by atoms with Crippen LogP contribution in [-0.4, -0.2) is 23.0 Å². The topological polar surface area (TPSA) is 111 Å². The molecule has 0 unspecified atom stereocenters. The lowest BCUT2D eigenvalue weighted by atomic mass is 10.2. The first-order valence-electron chi connectivity index (χ1n) is 8.68. The van der Waals surface area contributed by atoms with Gasteiger partial charge in [0.05, 0.1) is 21.7 Å². The van der Waals surface area contributed by atoms with Crippen molar-refractivity contribution in [3.05, 3.63) is 104 Å². The molecule has 3 rings (SSSR count). The summed E-state index contributed by atoms with van der Waals surface area (Å²) in [4.78, 5) is 34.5. The van der Waals surface area contributed by atoms with Gasteiger partial charge in [-0.2, -0.15) is 5.10 Å². The molecule has 0 saturated heterocycles. The standard InChI is InChI=1S/C21H13Cl2N3O5/c22-15-6-9-18(19(23)11-15)21(28)31-17-7-4-13(5-8-17)12-24-25-20(27)14-2-1-3-16(10-14)26(29)30/h1-12H,(H,25,27)/b24-12+. The van der Waals surface area contributed by atoms with Gasteiger partial charge in [0.15, 0.2) is 0 Å². The molecule has 1 N–H and O–H groups in total. The van der Waals surface area contributed by atoms with Gasteiger partial charge in [-0.3, -0.25) is 14.9 Å². The number of hydrogen-bond donors (Lipinski definition) is 1. The highest BCUT2D eigenvalue weighted by Gasteiger charge is 2.13. The van der Waals surface area contributed by atoms with Gasteiger partial charge in [-0.05, 0) is 54.1 Å².